The molecular formula is C24H29N3O3. The van der Waals surface area contributed by atoms with Crippen molar-refractivity contribution in [2.75, 3.05) is 11.4 Å². The second-order valence-electron chi connectivity index (χ2n) is 8.08. The zero-order valence-corrected chi connectivity index (χ0v) is 17.3. The third-order valence-corrected chi connectivity index (χ3v) is 5.85. The van der Waals surface area contributed by atoms with Gasteiger partial charge in [-0.3, -0.25) is 14.5 Å². The van der Waals surface area contributed by atoms with E-state index in [1.165, 1.54) is 25.7 Å². The number of fused-ring (bicyclic) bond motifs is 1. The SMILES string of the molecule is O=C(CCCN1C(=O)[C@H](c2ccccc2)Oc2cccnc21)NC1CCCCCC1. The molecule has 1 atom stereocenters. The van der Waals surface area contributed by atoms with Crippen molar-refractivity contribution < 1.29 is 14.3 Å². The molecule has 2 aliphatic rings. The molecule has 1 aromatic carbocycles. The summed E-state index contributed by atoms with van der Waals surface area (Å²) in [5, 5.41) is 3.18. The van der Waals surface area contributed by atoms with Crippen molar-refractivity contribution in [2.24, 2.45) is 0 Å². The number of hydrogen-bond acceptors (Lipinski definition) is 4. The number of rotatable bonds is 6. The van der Waals surface area contributed by atoms with Gasteiger partial charge in [0.15, 0.2) is 11.6 Å². The van der Waals surface area contributed by atoms with Gasteiger partial charge >= 0.3 is 0 Å². The molecule has 1 aromatic heterocycles. The maximum Gasteiger partial charge on any atom is 0.274 e. The van der Waals surface area contributed by atoms with E-state index in [9.17, 15) is 9.59 Å². The van der Waals surface area contributed by atoms with Gasteiger partial charge in [-0.1, -0.05) is 56.0 Å². The van der Waals surface area contributed by atoms with Crippen LogP contribution in [0, 0.1) is 0 Å². The molecule has 1 aliphatic heterocycles. The van der Waals surface area contributed by atoms with Crippen molar-refractivity contribution >= 4 is 17.6 Å². The second kappa shape index (κ2) is 9.74. The van der Waals surface area contributed by atoms with Gasteiger partial charge in [-0.25, -0.2) is 4.98 Å². The molecular weight excluding hydrogens is 378 g/mol. The molecule has 1 fully saturated rings. The van der Waals surface area contributed by atoms with Crippen LogP contribution in [0.2, 0.25) is 0 Å². The van der Waals surface area contributed by atoms with E-state index in [0.29, 0.717) is 37.0 Å². The standard InChI is InChI=1S/C24H29N3O3/c28-21(26-19-12-6-1-2-7-13-19)15-9-17-27-23-20(14-8-16-25-23)30-22(24(27)29)18-10-4-3-5-11-18/h3-5,8,10-11,14,16,19,22H,1-2,6-7,9,12-13,15,17H2,(H,26,28)/t22-/m0/s1. The van der Waals surface area contributed by atoms with E-state index in [1.807, 2.05) is 36.4 Å². The van der Waals surface area contributed by atoms with Crippen LogP contribution in [0.5, 0.6) is 5.75 Å². The Bertz CT molecular complexity index is 863. The summed E-state index contributed by atoms with van der Waals surface area (Å²) in [6.45, 7) is 0.438. The Labute approximate surface area is 177 Å². The maximum atomic E-state index is 13.2. The molecule has 2 aromatic rings. The summed E-state index contributed by atoms with van der Waals surface area (Å²) in [5.41, 5.74) is 0.813. The van der Waals surface area contributed by atoms with Gasteiger partial charge in [0, 0.05) is 30.8 Å². The lowest BCUT2D eigenvalue weighted by molar-refractivity contribution is -0.127. The molecule has 0 bridgehead atoms. The Morgan fingerprint density at radius 2 is 1.83 bits per heavy atom. The highest BCUT2D eigenvalue weighted by Gasteiger charge is 2.36. The van der Waals surface area contributed by atoms with Crippen LogP contribution in [-0.2, 0) is 9.59 Å². The summed E-state index contributed by atoms with van der Waals surface area (Å²) in [5.74, 6) is 1.05. The number of carbonyl (C=O) groups is 2. The van der Waals surface area contributed by atoms with E-state index in [4.69, 9.17) is 4.74 Å². The van der Waals surface area contributed by atoms with E-state index < -0.39 is 6.10 Å². The zero-order chi connectivity index (χ0) is 20.8. The largest absolute Gasteiger partial charge is 0.472 e. The highest BCUT2D eigenvalue weighted by atomic mass is 16.5. The molecule has 30 heavy (non-hydrogen) atoms. The van der Waals surface area contributed by atoms with Crippen LogP contribution in [-0.4, -0.2) is 29.4 Å². The number of benzene rings is 1. The molecule has 6 nitrogen and oxygen atoms in total. The number of ether oxygens (including phenoxy) is 1. The number of nitrogens with zero attached hydrogens (tertiary/aromatic N) is 2. The molecule has 0 spiro atoms. The van der Waals surface area contributed by atoms with Gasteiger partial charge in [0.25, 0.3) is 5.91 Å². The van der Waals surface area contributed by atoms with Gasteiger partial charge < -0.3 is 10.1 Å². The quantitative estimate of drug-likeness (QED) is 0.730. The van der Waals surface area contributed by atoms with Crippen molar-refractivity contribution in [1.82, 2.24) is 10.3 Å². The van der Waals surface area contributed by atoms with Crippen LogP contribution < -0.4 is 15.0 Å². The summed E-state index contributed by atoms with van der Waals surface area (Å²) in [6.07, 6.45) is 9.01. The molecule has 0 saturated heterocycles. The zero-order valence-electron chi connectivity index (χ0n) is 17.3. The van der Waals surface area contributed by atoms with E-state index in [2.05, 4.69) is 10.3 Å². The summed E-state index contributed by atoms with van der Waals surface area (Å²) in [7, 11) is 0. The summed E-state index contributed by atoms with van der Waals surface area (Å²) in [6, 6.07) is 13.4. The summed E-state index contributed by atoms with van der Waals surface area (Å²) < 4.78 is 5.97. The van der Waals surface area contributed by atoms with Gasteiger partial charge in [0.1, 0.15) is 0 Å². The van der Waals surface area contributed by atoms with Crippen LogP contribution in [0.25, 0.3) is 0 Å². The number of amides is 2. The minimum atomic E-state index is -0.692. The van der Waals surface area contributed by atoms with Gasteiger partial charge in [-0.05, 0) is 31.4 Å². The molecule has 1 aliphatic carbocycles. The molecule has 2 heterocycles. The Hall–Kier alpha value is -2.89. The molecule has 0 radical (unpaired) electrons. The van der Waals surface area contributed by atoms with Crippen molar-refractivity contribution in [2.45, 2.75) is 63.5 Å². The van der Waals surface area contributed by atoms with Crippen LogP contribution in [0.15, 0.2) is 48.7 Å². The van der Waals surface area contributed by atoms with Crippen LogP contribution in [0.1, 0.15) is 63.0 Å². The number of carbonyl (C=O) groups excluding carboxylic acids is 2. The van der Waals surface area contributed by atoms with E-state index >= 15 is 0 Å². The van der Waals surface area contributed by atoms with Crippen LogP contribution in [0.4, 0.5) is 5.82 Å². The number of pyridine rings is 1. The average Bonchev–Trinajstić information content (AvgIpc) is 3.04. The number of anilines is 1. The van der Waals surface area contributed by atoms with E-state index in [0.717, 1.165) is 18.4 Å². The average molecular weight is 408 g/mol. The first kappa shape index (κ1) is 20.4. The molecule has 1 saturated carbocycles. The van der Waals surface area contributed by atoms with Gasteiger partial charge in [-0.2, -0.15) is 0 Å². The molecule has 4 rings (SSSR count). The number of aromatic nitrogens is 1. The van der Waals surface area contributed by atoms with E-state index in [1.54, 1.807) is 17.2 Å². The predicted octanol–water partition coefficient (Wildman–Crippen LogP) is 4.17. The first-order chi connectivity index (χ1) is 14.7. The summed E-state index contributed by atoms with van der Waals surface area (Å²) >= 11 is 0. The van der Waals surface area contributed by atoms with Gasteiger partial charge in [0.2, 0.25) is 12.0 Å². The van der Waals surface area contributed by atoms with E-state index in [-0.39, 0.29) is 11.8 Å². The third kappa shape index (κ3) is 4.81. The minimum absolute atomic E-state index is 0.0727. The van der Waals surface area contributed by atoms with Crippen molar-refractivity contribution in [3.63, 3.8) is 0 Å². The van der Waals surface area contributed by atoms with Crippen molar-refractivity contribution in [3.8, 4) is 5.75 Å². The van der Waals surface area contributed by atoms with Gasteiger partial charge in [0.05, 0.1) is 0 Å². The van der Waals surface area contributed by atoms with Gasteiger partial charge in [-0.15, -0.1) is 0 Å². The number of nitrogens with one attached hydrogen (secondary N) is 1. The Morgan fingerprint density at radius 1 is 1.07 bits per heavy atom. The normalized spacial score (nSPS) is 19.5. The predicted molar refractivity (Wildman–Crippen MR) is 115 cm³/mol. The molecule has 0 unspecified atom stereocenters. The second-order valence-corrected chi connectivity index (χ2v) is 8.08. The molecule has 2 amide bonds. The lowest BCUT2D eigenvalue weighted by atomic mass is 10.1. The fraction of sp³-hybridized carbons (Fsp3) is 0.458. The lowest BCUT2D eigenvalue weighted by Crippen LogP contribution is -2.42. The molecule has 6 heteroatoms. The van der Waals surface area contributed by atoms with Crippen molar-refractivity contribution in [3.05, 3.63) is 54.2 Å². The van der Waals surface area contributed by atoms with Crippen molar-refractivity contribution in [1.29, 1.82) is 0 Å². The Balaban J connectivity index is 1.39. The first-order valence-corrected chi connectivity index (χ1v) is 11.0. The first-order valence-electron chi connectivity index (χ1n) is 11.0. The van der Waals surface area contributed by atoms with Crippen LogP contribution >= 0.6 is 0 Å². The fourth-order valence-corrected chi connectivity index (χ4v) is 4.28. The maximum absolute atomic E-state index is 13.2. The molecule has 1 N–H and O–H groups in total. The topological polar surface area (TPSA) is 71.5 Å². The Kier molecular flexibility index (Phi) is 6.62. The summed E-state index contributed by atoms with van der Waals surface area (Å²) in [4.78, 5) is 31.6. The third-order valence-electron chi connectivity index (χ3n) is 5.85. The van der Waals surface area contributed by atoms with Crippen LogP contribution in [0.3, 0.4) is 0 Å². The Morgan fingerprint density at radius 3 is 2.60 bits per heavy atom. The monoisotopic (exact) mass is 407 g/mol. The lowest BCUT2D eigenvalue weighted by Gasteiger charge is -2.33. The highest BCUT2D eigenvalue weighted by Crippen LogP contribution is 2.37. The highest BCUT2D eigenvalue weighted by molar-refractivity contribution is 5.99. The minimum Gasteiger partial charge on any atom is -0.472 e. The fourth-order valence-electron chi connectivity index (χ4n) is 4.28. The number of hydrogen-bond donors (Lipinski definition) is 1. The smallest absolute Gasteiger partial charge is 0.274 e. The molecule has 158 valence electrons.